The Morgan fingerprint density at radius 2 is 1.89 bits per heavy atom. The highest BCUT2D eigenvalue weighted by molar-refractivity contribution is 9.09. The van der Waals surface area contributed by atoms with Crippen molar-refractivity contribution < 1.29 is 17.5 Å². The molecule has 0 aromatic heterocycles. The molecule has 0 amide bonds. The van der Waals surface area contributed by atoms with Gasteiger partial charge in [0.05, 0.1) is 11.5 Å². The van der Waals surface area contributed by atoms with Gasteiger partial charge in [0.25, 0.3) is 0 Å². The summed E-state index contributed by atoms with van der Waals surface area (Å²) in [7, 11) is -3.55. The van der Waals surface area contributed by atoms with Crippen LogP contribution in [0.1, 0.15) is 6.42 Å². The van der Waals surface area contributed by atoms with E-state index in [0.717, 1.165) is 17.5 Å². The van der Waals surface area contributed by atoms with E-state index in [1.165, 1.54) is 12.1 Å². The molecule has 0 fully saturated rings. The first-order chi connectivity index (χ1) is 8.56. The van der Waals surface area contributed by atoms with Gasteiger partial charge in [-0.3, -0.25) is 0 Å². The number of ether oxygens (including phenoxy) is 1. The lowest BCUT2D eigenvalue weighted by Gasteiger charge is -2.06. The van der Waals surface area contributed by atoms with Crippen LogP contribution in [0.25, 0.3) is 0 Å². The predicted octanol–water partition coefficient (Wildman–Crippen LogP) is 1.91. The first-order valence-electron chi connectivity index (χ1n) is 5.45. The number of halogens is 2. The van der Waals surface area contributed by atoms with E-state index in [2.05, 4.69) is 20.7 Å². The maximum atomic E-state index is 12.7. The number of rotatable bonds is 8. The second kappa shape index (κ2) is 7.83. The highest BCUT2D eigenvalue weighted by Gasteiger charge is 2.12. The van der Waals surface area contributed by atoms with Gasteiger partial charge in [-0.25, -0.2) is 17.5 Å². The third-order valence-corrected chi connectivity index (χ3v) is 3.90. The minimum absolute atomic E-state index is 0.0604. The Balaban J connectivity index is 2.38. The summed E-state index contributed by atoms with van der Waals surface area (Å²) in [6.07, 6.45) is 0.591. The van der Waals surface area contributed by atoms with E-state index in [0.29, 0.717) is 26.2 Å². The smallest absolute Gasteiger partial charge is 0.240 e. The van der Waals surface area contributed by atoms with Crippen LogP contribution in [0.2, 0.25) is 0 Å². The number of nitrogens with one attached hydrogen (secondary N) is 1. The minimum Gasteiger partial charge on any atom is -0.381 e. The molecule has 0 heterocycles. The van der Waals surface area contributed by atoms with Crippen LogP contribution < -0.4 is 4.72 Å². The molecule has 0 aliphatic carbocycles. The molecule has 102 valence electrons. The topological polar surface area (TPSA) is 55.4 Å². The molecule has 0 spiro atoms. The van der Waals surface area contributed by atoms with Crippen LogP contribution in [-0.2, 0) is 14.8 Å². The van der Waals surface area contributed by atoms with E-state index < -0.39 is 15.8 Å². The third kappa shape index (κ3) is 5.43. The largest absolute Gasteiger partial charge is 0.381 e. The van der Waals surface area contributed by atoms with E-state index >= 15 is 0 Å². The average Bonchev–Trinajstić information content (AvgIpc) is 2.34. The van der Waals surface area contributed by atoms with Crippen molar-refractivity contribution in [2.45, 2.75) is 11.3 Å². The van der Waals surface area contributed by atoms with Gasteiger partial charge in [0.2, 0.25) is 10.0 Å². The summed E-state index contributed by atoms with van der Waals surface area (Å²) in [6, 6.07) is 4.71. The van der Waals surface area contributed by atoms with Crippen molar-refractivity contribution in [3.8, 4) is 0 Å². The molecule has 0 saturated heterocycles. The van der Waals surface area contributed by atoms with Crippen LogP contribution in [0, 0.1) is 5.82 Å². The van der Waals surface area contributed by atoms with Crippen LogP contribution >= 0.6 is 15.9 Å². The molecule has 0 aliphatic rings. The van der Waals surface area contributed by atoms with Gasteiger partial charge in [0.1, 0.15) is 5.82 Å². The predicted molar refractivity (Wildman–Crippen MR) is 70.8 cm³/mol. The Kier molecular flexibility index (Phi) is 6.77. The van der Waals surface area contributed by atoms with Crippen molar-refractivity contribution in [1.29, 1.82) is 0 Å². The van der Waals surface area contributed by atoms with Crippen LogP contribution in [0.5, 0.6) is 0 Å². The molecule has 7 heteroatoms. The molecule has 0 radical (unpaired) electrons. The summed E-state index contributed by atoms with van der Waals surface area (Å²) in [5.41, 5.74) is 0. The molecule has 1 aromatic carbocycles. The van der Waals surface area contributed by atoms with Crippen molar-refractivity contribution >= 4 is 26.0 Å². The van der Waals surface area contributed by atoms with Crippen molar-refractivity contribution in [3.05, 3.63) is 30.1 Å². The number of hydrogen-bond donors (Lipinski definition) is 1. The SMILES string of the molecule is O=S(=O)(NCCCOCCBr)c1ccc(F)cc1. The molecule has 18 heavy (non-hydrogen) atoms. The summed E-state index contributed by atoms with van der Waals surface area (Å²) < 4.78 is 43.8. The molecular formula is C11H15BrFNO3S. The minimum atomic E-state index is -3.55. The van der Waals surface area contributed by atoms with E-state index in [9.17, 15) is 12.8 Å². The van der Waals surface area contributed by atoms with Crippen LogP contribution in [0.15, 0.2) is 29.2 Å². The van der Waals surface area contributed by atoms with Crippen molar-refractivity contribution in [3.63, 3.8) is 0 Å². The lowest BCUT2D eigenvalue weighted by Crippen LogP contribution is -2.25. The molecule has 1 N–H and O–H groups in total. The van der Waals surface area contributed by atoms with E-state index in [1.54, 1.807) is 0 Å². The number of alkyl halides is 1. The van der Waals surface area contributed by atoms with Crippen LogP contribution in [0.4, 0.5) is 4.39 Å². The Hall–Kier alpha value is -0.500. The Bertz CT molecular complexity index is 450. The van der Waals surface area contributed by atoms with Gasteiger partial charge in [-0.05, 0) is 30.7 Å². The molecule has 0 atom stereocenters. The molecule has 4 nitrogen and oxygen atoms in total. The molecular weight excluding hydrogens is 325 g/mol. The van der Waals surface area contributed by atoms with E-state index in [4.69, 9.17) is 4.74 Å². The third-order valence-electron chi connectivity index (χ3n) is 2.10. The van der Waals surface area contributed by atoms with Crippen molar-refractivity contribution in [1.82, 2.24) is 4.72 Å². The fraction of sp³-hybridized carbons (Fsp3) is 0.455. The van der Waals surface area contributed by atoms with Crippen molar-refractivity contribution in [2.75, 3.05) is 25.1 Å². The monoisotopic (exact) mass is 339 g/mol. The molecule has 0 aliphatic heterocycles. The first kappa shape index (κ1) is 15.6. The zero-order chi connectivity index (χ0) is 13.4. The van der Waals surface area contributed by atoms with Crippen molar-refractivity contribution in [2.24, 2.45) is 0 Å². The zero-order valence-corrected chi connectivity index (χ0v) is 12.1. The second-order valence-electron chi connectivity index (χ2n) is 3.51. The number of sulfonamides is 1. The zero-order valence-electron chi connectivity index (χ0n) is 9.73. The fourth-order valence-electron chi connectivity index (χ4n) is 1.23. The molecule has 0 bridgehead atoms. The standard InChI is InChI=1S/C11H15BrFNO3S/c12-6-9-17-8-1-7-14-18(15,16)11-4-2-10(13)3-5-11/h2-5,14H,1,6-9H2. The Morgan fingerprint density at radius 1 is 1.22 bits per heavy atom. The van der Waals surface area contributed by atoms with Gasteiger partial charge in [-0.15, -0.1) is 0 Å². The molecule has 0 saturated carbocycles. The summed E-state index contributed by atoms with van der Waals surface area (Å²) in [4.78, 5) is 0.0604. The summed E-state index contributed by atoms with van der Waals surface area (Å²) in [5, 5.41) is 0.758. The highest BCUT2D eigenvalue weighted by Crippen LogP contribution is 2.09. The second-order valence-corrected chi connectivity index (χ2v) is 6.07. The lowest BCUT2D eigenvalue weighted by atomic mass is 10.4. The van der Waals surface area contributed by atoms with Gasteiger partial charge >= 0.3 is 0 Å². The molecule has 0 unspecified atom stereocenters. The Labute approximate surface area is 115 Å². The maximum absolute atomic E-state index is 12.7. The molecule has 1 rings (SSSR count). The lowest BCUT2D eigenvalue weighted by molar-refractivity contribution is 0.149. The summed E-state index contributed by atoms with van der Waals surface area (Å²) in [5.74, 6) is -0.461. The fourth-order valence-corrected chi connectivity index (χ4v) is 2.54. The van der Waals surface area contributed by atoms with Gasteiger partial charge < -0.3 is 4.74 Å². The quantitative estimate of drug-likeness (QED) is 0.581. The van der Waals surface area contributed by atoms with Gasteiger partial charge in [0, 0.05) is 18.5 Å². The maximum Gasteiger partial charge on any atom is 0.240 e. The highest BCUT2D eigenvalue weighted by atomic mass is 79.9. The average molecular weight is 340 g/mol. The van der Waals surface area contributed by atoms with E-state index in [1.807, 2.05) is 0 Å². The summed E-state index contributed by atoms with van der Waals surface area (Å²) >= 11 is 3.22. The van der Waals surface area contributed by atoms with Gasteiger partial charge in [-0.1, -0.05) is 15.9 Å². The Morgan fingerprint density at radius 3 is 2.50 bits per heavy atom. The van der Waals surface area contributed by atoms with Crippen LogP contribution in [0.3, 0.4) is 0 Å². The first-order valence-corrected chi connectivity index (χ1v) is 8.05. The molecule has 1 aromatic rings. The van der Waals surface area contributed by atoms with Crippen LogP contribution in [-0.4, -0.2) is 33.5 Å². The van der Waals surface area contributed by atoms with Gasteiger partial charge in [0.15, 0.2) is 0 Å². The van der Waals surface area contributed by atoms with E-state index in [-0.39, 0.29) is 4.90 Å². The summed E-state index contributed by atoms with van der Waals surface area (Å²) in [6.45, 7) is 1.39. The number of hydrogen-bond acceptors (Lipinski definition) is 3. The van der Waals surface area contributed by atoms with Gasteiger partial charge in [-0.2, -0.15) is 0 Å². The number of benzene rings is 1. The normalized spacial score (nSPS) is 11.7.